The quantitative estimate of drug-likeness (QED) is 0.0958. The SMILES string of the molecule is CC(C)(Cc1cc(-n2c3ccccc3c3ccc(Oc4cccc(-n5[c-][n+](-c6c(-c7ccccc7)cccc6-c6ccccc6)c6ccccc65)c4)cc32)ncc1-c1ccccc1)c1ccccc1. The highest BCUT2D eigenvalue weighted by molar-refractivity contribution is 6.09. The Kier molecular flexibility index (Phi) is 10.5. The van der Waals surface area contributed by atoms with Crippen molar-refractivity contribution in [1.29, 1.82) is 0 Å². The topological polar surface area (TPSA) is 35.9 Å². The first-order valence-corrected chi connectivity index (χ1v) is 23.6. The van der Waals surface area contributed by atoms with E-state index in [4.69, 9.17) is 9.72 Å². The minimum absolute atomic E-state index is 0.123. The van der Waals surface area contributed by atoms with Crippen LogP contribution >= 0.6 is 0 Å². The monoisotopic (exact) mass is 888 g/mol. The highest BCUT2D eigenvalue weighted by atomic mass is 16.5. The molecule has 0 atom stereocenters. The third-order valence-electron chi connectivity index (χ3n) is 13.4. The second-order valence-corrected chi connectivity index (χ2v) is 18.3. The summed E-state index contributed by atoms with van der Waals surface area (Å²) in [5.41, 5.74) is 15.4. The van der Waals surface area contributed by atoms with Crippen LogP contribution in [0.25, 0.3) is 83.4 Å². The Hall–Kier alpha value is -8.80. The summed E-state index contributed by atoms with van der Waals surface area (Å²) in [5, 5.41) is 2.30. The zero-order valence-electron chi connectivity index (χ0n) is 38.5. The first-order chi connectivity index (χ1) is 34.0. The van der Waals surface area contributed by atoms with Crippen LogP contribution in [0.5, 0.6) is 11.5 Å². The largest absolute Gasteiger partial charge is 0.458 e. The van der Waals surface area contributed by atoms with Gasteiger partial charge in [0.15, 0.2) is 0 Å². The summed E-state index contributed by atoms with van der Waals surface area (Å²) in [4.78, 5) is 5.23. The normalized spacial score (nSPS) is 11.7. The maximum atomic E-state index is 6.84. The van der Waals surface area contributed by atoms with Crippen LogP contribution in [0.1, 0.15) is 25.0 Å². The molecule has 0 unspecified atom stereocenters. The molecule has 5 nitrogen and oxygen atoms in total. The van der Waals surface area contributed by atoms with Crippen LogP contribution in [0, 0.1) is 6.33 Å². The summed E-state index contributed by atoms with van der Waals surface area (Å²) in [6.07, 6.45) is 6.70. The van der Waals surface area contributed by atoms with E-state index in [2.05, 4.69) is 271 Å². The highest BCUT2D eigenvalue weighted by Gasteiger charge is 2.25. The number of hydrogen-bond donors (Lipinski definition) is 0. The van der Waals surface area contributed by atoms with E-state index in [0.29, 0.717) is 0 Å². The van der Waals surface area contributed by atoms with Crippen LogP contribution in [0.2, 0.25) is 0 Å². The molecular formula is C64H48N4O. The van der Waals surface area contributed by atoms with Crippen LogP contribution in [0.15, 0.2) is 243 Å². The Morgan fingerprint density at radius 2 is 1.06 bits per heavy atom. The minimum atomic E-state index is -0.123. The van der Waals surface area contributed by atoms with Crippen molar-refractivity contribution in [1.82, 2.24) is 14.1 Å². The lowest BCUT2D eigenvalue weighted by Crippen LogP contribution is -2.31. The van der Waals surface area contributed by atoms with Crippen molar-refractivity contribution in [3.8, 4) is 62.1 Å². The van der Waals surface area contributed by atoms with Crippen molar-refractivity contribution in [3.05, 3.63) is 260 Å². The van der Waals surface area contributed by atoms with Gasteiger partial charge in [0.2, 0.25) is 0 Å². The number of pyridine rings is 1. The Bertz CT molecular complexity index is 3740. The van der Waals surface area contributed by atoms with Gasteiger partial charge in [-0.25, -0.2) is 4.98 Å². The maximum absolute atomic E-state index is 6.84. The first kappa shape index (κ1) is 41.6. The Labute approximate surface area is 402 Å². The molecule has 69 heavy (non-hydrogen) atoms. The Morgan fingerprint density at radius 3 is 1.75 bits per heavy atom. The fourth-order valence-corrected chi connectivity index (χ4v) is 10.1. The van der Waals surface area contributed by atoms with Gasteiger partial charge in [0.05, 0.1) is 33.4 Å². The second kappa shape index (κ2) is 17.4. The molecule has 0 bridgehead atoms. The van der Waals surface area contributed by atoms with Crippen LogP contribution < -0.4 is 9.30 Å². The summed E-state index contributed by atoms with van der Waals surface area (Å²) in [5.74, 6) is 2.32. The van der Waals surface area contributed by atoms with Crippen molar-refractivity contribution in [3.63, 3.8) is 0 Å². The van der Waals surface area contributed by atoms with Crippen LogP contribution in [0.4, 0.5) is 0 Å². The van der Waals surface area contributed by atoms with Gasteiger partial charge in [0, 0.05) is 28.6 Å². The molecule has 0 amide bonds. The smallest absolute Gasteiger partial charge is 0.269 e. The van der Waals surface area contributed by atoms with E-state index >= 15 is 0 Å². The number of para-hydroxylation sites is 4. The van der Waals surface area contributed by atoms with Gasteiger partial charge in [-0.15, -0.1) is 0 Å². The van der Waals surface area contributed by atoms with Crippen molar-refractivity contribution < 1.29 is 9.30 Å². The molecule has 3 aromatic heterocycles. The van der Waals surface area contributed by atoms with Gasteiger partial charge in [-0.05, 0) is 93.2 Å². The van der Waals surface area contributed by atoms with E-state index in [1.54, 1.807) is 0 Å². The third-order valence-corrected chi connectivity index (χ3v) is 13.4. The molecule has 0 fully saturated rings. The number of hydrogen-bond acceptors (Lipinski definition) is 2. The lowest BCUT2D eigenvalue weighted by atomic mass is 9.78. The molecule has 0 aliphatic heterocycles. The van der Waals surface area contributed by atoms with Crippen molar-refractivity contribution in [2.24, 2.45) is 0 Å². The van der Waals surface area contributed by atoms with Gasteiger partial charge in [0.1, 0.15) is 17.3 Å². The van der Waals surface area contributed by atoms with E-state index < -0.39 is 0 Å². The lowest BCUT2D eigenvalue weighted by molar-refractivity contribution is -0.571. The van der Waals surface area contributed by atoms with Crippen LogP contribution in [-0.2, 0) is 11.8 Å². The standard InChI is InChI=1S/C64H48N4O/c1-64(2,49-27-13-6-14-28-49)42-48-39-62(65-43-57(48)47-25-11-5-12-26-47)68-58-34-16-15-31-55(58)56-38-37-52(41-61(56)68)69-51-30-19-29-50(40-51)66-44-67(60-36-18-17-35-59(60)66)63-53(45-21-7-3-8-22-45)32-20-33-54(63)46-23-9-4-10-24-46/h3-41,43H,42H2,1-2H3. The van der Waals surface area contributed by atoms with Crippen molar-refractivity contribution in [2.75, 3.05) is 0 Å². The summed E-state index contributed by atoms with van der Waals surface area (Å²) in [6.45, 7) is 4.66. The summed E-state index contributed by atoms with van der Waals surface area (Å²) >= 11 is 0. The van der Waals surface area contributed by atoms with Crippen molar-refractivity contribution in [2.45, 2.75) is 25.7 Å². The number of fused-ring (bicyclic) bond motifs is 4. The van der Waals surface area contributed by atoms with Gasteiger partial charge in [-0.3, -0.25) is 13.7 Å². The third kappa shape index (κ3) is 7.74. The number of nitrogens with zero attached hydrogens (tertiary/aromatic N) is 4. The minimum Gasteiger partial charge on any atom is -0.458 e. The molecule has 0 aliphatic carbocycles. The first-order valence-electron chi connectivity index (χ1n) is 23.6. The average molecular weight is 889 g/mol. The zero-order valence-corrected chi connectivity index (χ0v) is 38.5. The fourth-order valence-electron chi connectivity index (χ4n) is 10.1. The molecule has 3 heterocycles. The molecule has 0 N–H and O–H groups in total. The number of rotatable bonds is 11. The number of imidazole rings is 1. The molecule has 9 aromatic carbocycles. The molecule has 0 spiro atoms. The predicted molar refractivity (Wildman–Crippen MR) is 282 cm³/mol. The maximum Gasteiger partial charge on any atom is 0.269 e. The molecule has 0 saturated heterocycles. The number of ether oxygens (including phenoxy) is 1. The van der Waals surface area contributed by atoms with Gasteiger partial charge in [-0.1, -0.05) is 202 Å². The van der Waals surface area contributed by atoms with Crippen LogP contribution in [-0.4, -0.2) is 14.1 Å². The zero-order chi connectivity index (χ0) is 46.3. The number of aromatic nitrogens is 4. The average Bonchev–Trinajstić information content (AvgIpc) is 3.95. The lowest BCUT2D eigenvalue weighted by Gasteiger charge is -2.27. The summed E-state index contributed by atoms with van der Waals surface area (Å²) in [7, 11) is 0. The molecule has 330 valence electrons. The molecule has 5 heteroatoms. The van der Waals surface area contributed by atoms with E-state index in [-0.39, 0.29) is 5.41 Å². The summed E-state index contributed by atoms with van der Waals surface area (Å²) in [6, 6.07) is 83.3. The van der Waals surface area contributed by atoms with Crippen molar-refractivity contribution >= 4 is 32.8 Å². The van der Waals surface area contributed by atoms with Gasteiger partial charge < -0.3 is 4.74 Å². The molecule has 12 rings (SSSR count). The van der Waals surface area contributed by atoms with E-state index in [1.165, 1.54) is 11.1 Å². The van der Waals surface area contributed by atoms with E-state index in [1.807, 2.05) is 6.07 Å². The van der Waals surface area contributed by atoms with Gasteiger partial charge in [-0.2, -0.15) is 0 Å². The highest BCUT2D eigenvalue weighted by Crippen LogP contribution is 2.39. The molecular weight excluding hydrogens is 841 g/mol. The Morgan fingerprint density at radius 1 is 0.493 bits per heavy atom. The molecule has 0 aliphatic rings. The van der Waals surface area contributed by atoms with E-state index in [9.17, 15) is 0 Å². The van der Waals surface area contributed by atoms with Gasteiger partial charge in [0.25, 0.3) is 6.33 Å². The molecule has 0 radical (unpaired) electrons. The van der Waals surface area contributed by atoms with Gasteiger partial charge >= 0.3 is 0 Å². The molecule has 12 aromatic rings. The molecule has 0 saturated carbocycles. The predicted octanol–water partition coefficient (Wildman–Crippen LogP) is 15.5. The van der Waals surface area contributed by atoms with E-state index in [0.717, 1.165) is 101 Å². The van der Waals surface area contributed by atoms with Crippen LogP contribution in [0.3, 0.4) is 0 Å². The summed E-state index contributed by atoms with van der Waals surface area (Å²) < 4.78 is 13.5. The number of benzene rings is 9. The fraction of sp³-hybridized carbons (Fsp3) is 0.0625. The second-order valence-electron chi connectivity index (χ2n) is 18.3. The Balaban J connectivity index is 0.950.